The van der Waals surface area contributed by atoms with Crippen molar-refractivity contribution >= 4 is 7.26 Å². The molecule has 0 spiro atoms. The van der Waals surface area contributed by atoms with E-state index in [1.807, 2.05) is 0 Å². The fourth-order valence-electron chi connectivity index (χ4n) is 4.78. The van der Waals surface area contributed by atoms with Crippen LogP contribution in [0, 0.1) is 0 Å². The molecule has 0 atom stereocenters. The Morgan fingerprint density at radius 2 is 0.607 bits per heavy atom. The monoisotopic (exact) mass is 526 g/mol. The summed E-state index contributed by atoms with van der Waals surface area (Å²) >= 11 is 0. The highest BCUT2D eigenvalue weighted by molar-refractivity contribution is 7.75. The summed E-state index contributed by atoms with van der Waals surface area (Å²) in [6.45, 7) is 9.51. The van der Waals surface area contributed by atoms with Crippen molar-refractivity contribution in [2.24, 2.45) is 0 Å². The molecule has 0 N–H and O–H groups in total. The van der Waals surface area contributed by atoms with Gasteiger partial charge >= 0.3 is 0 Å². The van der Waals surface area contributed by atoms with Gasteiger partial charge in [0.15, 0.2) is 0 Å². The van der Waals surface area contributed by atoms with Crippen molar-refractivity contribution in [1.82, 2.24) is 0 Å². The van der Waals surface area contributed by atoms with Crippen LogP contribution in [0.1, 0.15) is 143 Å². The maximum atomic E-state index is 2.44. The molecule has 0 aromatic heterocycles. The normalized spacial score (nSPS) is 11.6. The van der Waals surface area contributed by atoms with E-state index in [2.05, 4.69) is 27.7 Å². The molecule has 0 fully saturated rings. The molecule has 28 heavy (non-hydrogen) atoms. The lowest BCUT2D eigenvalue weighted by molar-refractivity contribution is -0.00000625. The van der Waals surface area contributed by atoms with Gasteiger partial charge in [0.2, 0.25) is 0 Å². The highest BCUT2D eigenvalue weighted by Crippen LogP contribution is 2.61. The standard InChI is InChI=1S/C26H56P.HI/c1-5-9-11-13-15-17-19-21-25-27(23-7-3,24-8-4)26-22-20-18-16-14-12-10-6-2;/h5-26H2,1-4H3;1H/q+1;/p-1. The molecule has 0 saturated heterocycles. The Morgan fingerprint density at radius 3 is 0.893 bits per heavy atom. The zero-order valence-electron chi connectivity index (χ0n) is 20.4. The molecular weight excluding hydrogens is 470 g/mol. The first-order chi connectivity index (χ1) is 13.2. The summed E-state index contributed by atoms with van der Waals surface area (Å²) in [6.07, 6.45) is 32.9. The maximum absolute atomic E-state index is 2.44. The predicted octanol–water partition coefficient (Wildman–Crippen LogP) is 7.11. The van der Waals surface area contributed by atoms with E-state index >= 15 is 0 Å². The van der Waals surface area contributed by atoms with E-state index in [9.17, 15) is 0 Å². The lowest BCUT2D eigenvalue weighted by Gasteiger charge is -2.27. The molecule has 0 aliphatic rings. The van der Waals surface area contributed by atoms with Gasteiger partial charge in [-0.25, -0.2) is 0 Å². The summed E-state index contributed by atoms with van der Waals surface area (Å²) in [7, 11) is -0.629. The first-order valence-electron chi connectivity index (χ1n) is 13.1. The largest absolute Gasteiger partial charge is 1.00 e. The topological polar surface area (TPSA) is 0 Å². The molecular formula is C26H56IP. The Morgan fingerprint density at radius 1 is 0.321 bits per heavy atom. The van der Waals surface area contributed by atoms with Crippen LogP contribution in [0.2, 0.25) is 0 Å². The molecule has 0 rings (SSSR count). The van der Waals surface area contributed by atoms with Crippen molar-refractivity contribution in [3.05, 3.63) is 0 Å². The minimum Gasteiger partial charge on any atom is -1.00 e. The van der Waals surface area contributed by atoms with Crippen molar-refractivity contribution in [1.29, 1.82) is 0 Å². The highest BCUT2D eigenvalue weighted by atomic mass is 127. The van der Waals surface area contributed by atoms with Crippen molar-refractivity contribution < 1.29 is 24.0 Å². The second-order valence-electron chi connectivity index (χ2n) is 9.19. The fourth-order valence-corrected chi connectivity index (χ4v) is 9.81. The smallest absolute Gasteiger partial charge is 0.0594 e. The minimum absolute atomic E-state index is 0. The summed E-state index contributed by atoms with van der Waals surface area (Å²) in [5, 5.41) is 0. The van der Waals surface area contributed by atoms with Crippen molar-refractivity contribution in [2.45, 2.75) is 143 Å². The molecule has 0 aliphatic heterocycles. The minimum atomic E-state index is -0.629. The van der Waals surface area contributed by atoms with Gasteiger partial charge in [0.1, 0.15) is 0 Å². The molecule has 0 aliphatic carbocycles. The average molecular weight is 527 g/mol. The van der Waals surface area contributed by atoms with Gasteiger partial charge in [-0.05, 0) is 38.5 Å². The summed E-state index contributed by atoms with van der Waals surface area (Å²) in [5.74, 6) is 0. The maximum Gasteiger partial charge on any atom is 0.0594 e. The van der Waals surface area contributed by atoms with E-state index in [0.29, 0.717) is 0 Å². The Kier molecular flexibility index (Phi) is 27.3. The van der Waals surface area contributed by atoms with Crippen LogP contribution in [0.15, 0.2) is 0 Å². The van der Waals surface area contributed by atoms with Crippen LogP contribution in [0.5, 0.6) is 0 Å². The van der Waals surface area contributed by atoms with Gasteiger partial charge in [0.05, 0.1) is 24.6 Å². The summed E-state index contributed by atoms with van der Waals surface area (Å²) in [5.41, 5.74) is 0. The Labute approximate surface area is 198 Å². The highest BCUT2D eigenvalue weighted by Gasteiger charge is 2.33. The van der Waals surface area contributed by atoms with Crippen LogP contribution in [0.3, 0.4) is 0 Å². The van der Waals surface area contributed by atoms with Crippen molar-refractivity contribution in [2.75, 3.05) is 24.6 Å². The summed E-state index contributed by atoms with van der Waals surface area (Å²) in [4.78, 5) is 0. The SMILES string of the molecule is CCCCCCCCCC[P+](CCC)(CCC)CCCCCCCCCC.[I-]. The second-order valence-corrected chi connectivity index (χ2v) is 13.7. The molecule has 0 aromatic carbocycles. The van der Waals surface area contributed by atoms with Gasteiger partial charge in [0.25, 0.3) is 0 Å². The molecule has 172 valence electrons. The third kappa shape index (κ3) is 19.1. The van der Waals surface area contributed by atoms with E-state index < -0.39 is 7.26 Å². The first kappa shape index (κ1) is 31.3. The number of unbranched alkanes of at least 4 members (excludes halogenated alkanes) is 14. The fraction of sp³-hybridized carbons (Fsp3) is 1.00. The van der Waals surface area contributed by atoms with E-state index in [-0.39, 0.29) is 24.0 Å². The zero-order chi connectivity index (χ0) is 20.1. The summed E-state index contributed by atoms with van der Waals surface area (Å²) in [6, 6.07) is 0. The van der Waals surface area contributed by atoms with E-state index in [0.717, 1.165) is 0 Å². The molecule has 0 radical (unpaired) electrons. The Balaban J connectivity index is 0. The lowest BCUT2D eigenvalue weighted by atomic mass is 10.1. The van der Waals surface area contributed by atoms with Gasteiger partial charge in [-0.1, -0.05) is 105 Å². The third-order valence-corrected chi connectivity index (χ3v) is 11.7. The molecule has 0 unspecified atom stereocenters. The van der Waals surface area contributed by atoms with Gasteiger partial charge in [-0.3, -0.25) is 0 Å². The second kappa shape index (κ2) is 24.4. The van der Waals surface area contributed by atoms with E-state index in [1.54, 1.807) is 37.5 Å². The molecule has 0 heterocycles. The van der Waals surface area contributed by atoms with Crippen LogP contribution in [-0.4, -0.2) is 24.6 Å². The van der Waals surface area contributed by atoms with Crippen LogP contribution in [0.4, 0.5) is 0 Å². The molecule has 0 amide bonds. The predicted molar refractivity (Wildman–Crippen MR) is 132 cm³/mol. The van der Waals surface area contributed by atoms with Crippen LogP contribution < -0.4 is 24.0 Å². The number of hydrogen-bond donors (Lipinski definition) is 0. The van der Waals surface area contributed by atoms with Gasteiger partial charge < -0.3 is 24.0 Å². The first-order valence-corrected chi connectivity index (χ1v) is 15.6. The molecule has 0 saturated carbocycles. The third-order valence-electron chi connectivity index (χ3n) is 6.37. The number of halogens is 1. The molecule has 0 nitrogen and oxygen atoms in total. The van der Waals surface area contributed by atoms with Gasteiger partial charge in [-0.2, -0.15) is 0 Å². The van der Waals surface area contributed by atoms with Gasteiger partial charge in [0, 0.05) is 7.26 Å². The van der Waals surface area contributed by atoms with Crippen LogP contribution in [-0.2, 0) is 0 Å². The summed E-state index contributed by atoms with van der Waals surface area (Å²) < 4.78 is 0. The lowest BCUT2D eigenvalue weighted by Crippen LogP contribution is -3.00. The number of rotatable bonds is 22. The van der Waals surface area contributed by atoms with Crippen molar-refractivity contribution in [3.63, 3.8) is 0 Å². The molecule has 0 aromatic rings. The van der Waals surface area contributed by atoms with Gasteiger partial charge in [-0.15, -0.1) is 0 Å². The zero-order valence-corrected chi connectivity index (χ0v) is 23.4. The number of hydrogen-bond acceptors (Lipinski definition) is 0. The molecule has 2 heteroatoms. The van der Waals surface area contributed by atoms with E-state index in [4.69, 9.17) is 0 Å². The average Bonchev–Trinajstić information content (AvgIpc) is 2.66. The molecule has 0 bridgehead atoms. The Hall–Kier alpha value is 1.16. The van der Waals surface area contributed by atoms with Crippen LogP contribution >= 0.6 is 7.26 Å². The quantitative estimate of drug-likeness (QED) is 0.0801. The van der Waals surface area contributed by atoms with Crippen LogP contribution in [0.25, 0.3) is 0 Å². The Bertz CT molecular complexity index is 252. The van der Waals surface area contributed by atoms with Crippen molar-refractivity contribution in [3.8, 4) is 0 Å². The van der Waals surface area contributed by atoms with E-state index in [1.165, 1.54) is 103 Å².